The number of hydrogen-bond donors (Lipinski definition) is 2. The molecule has 1 fully saturated rings. The van der Waals surface area contributed by atoms with Gasteiger partial charge in [-0.05, 0) is 38.3 Å². The number of methoxy groups -OCH3 is 1. The molecular formula is C13H22N2O3S2. The molecule has 0 radical (unpaired) electrons. The molecule has 1 aliphatic carbocycles. The Kier molecular flexibility index (Phi) is 5.57. The average molecular weight is 318 g/mol. The minimum Gasteiger partial charge on any atom is -0.383 e. The largest absolute Gasteiger partial charge is 0.383 e. The molecule has 1 aliphatic rings. The highest BCUT2D eigenvalue weighted by Gasteiger charge is 2.21. The van der Waals surface area contributed by atoms with Crippen LogP contribution in [0.1, 0.15) is 24.6 Å². The zero-order chi connectivity index (χ0) is 14.6. The van der Waals surface area contributed by atoms with Crippen molar-refractivity contribution in [1.29, 1.82) is 0 Å². The zero-order valence-corrected chi connectivity index (χ0v) is 13.5. The smallest absolute Gasteiger partial charge is 0.250 e. The number of ether oxygens (including phenoxy) is 1. The highest BCUT2D eigenvalue weighted by molar-refractivity contribution is 7.91. The molecule has 0 bridgehead atoms. The van der Waals surface area contributed by atoms with Gasteiger partial charge in [-0.1, -0.05) is 0 Å². The first-order valence-electron chi connectivity index (χ1n) is 6.84. The molecule has 2 N–H and O–H groups in total. The molecular weight excluding hydrogens is 296 g/mol. The molecule has 1 heterocycles. The Morgan fingerprint density at radius 1 is 1.45 bits per heavy atom. The van der Waals surface area contributed by atoms with Gasteiger partial charge in [-0.15, -0.1) is 11.3 Å². The Balaban J connectivity index is 1.88. The van der Waals surface area contributed by atoms with E-state index >= 15 is 0 Å². The molecule has 1 unspecified atom stereocenters. The monoisotopic (exact) mass is 318 g/mol. The fourth-order valence-electron chi connectivity index (χ4n) is 1.93. The maximum atomic E-state index is 12.2. The SMILES string of the molecule is COCC(C)NS(=O)(=O)c1ccc(CCNC2CC2)s1. The van der Waals surface area contributed by atoms with Gasteiger partial charge in [-0.25, -0.2) is 13.1 Å². The van der Waals surface area contributed by atoms with Gasteiger partial charge in [0.1, 0.15) is 4.21 Å². The van der Waals surface area contributed by atoms with E-state index in [2.05, 4.69) is 10.0 Å². The molecule has 1 saturated carbocycles. The Morgan fingerprint density at radius 2 is 2.20 bits per heavy atom. The molecule has 1 atom stereocenters. The van der Waals surface area contributed by atoms with E-state index in [9.17, 15) is 8.42 Å². The van der Waals surface area contributed by atoms with Crippen molar-refractivity contribution in [1.82, 2.24) is 10.0 Å². The predicted molar refractivity (Wildman–Crippen MR) is 80.7 cm³/mol. The van der Waals surface area contributed by atoms with Gasteiger partial charge >= 0.3 is 0 Å². The lowest BCUT2D eigenvalue weighted by Crippen LogP contribution is -2.35. The van der Waals surface area contributed by atoms with E-state index in [-0.39, 0.29) is 6.04 Å². The molecule has 0 amide bonds. The molecule has 20 heavy (non-hydrogen) atoms. The van der Waals surface area contributed by atoms with Gasteiger partial charge < -0.3 is 10.1 Å². The minimum absolute atomic E-state index is 0.230. The predicted octanol–water partition coefficient (Wildman–Crippen LogP) is 1.36. The lowest BCUT2D eigenvalue weighted by Gasteiger charge is -2.11. The van der Waals surface area contributed by atoms with Gasteiger partial charge in [0, 0.05) is 30.6 Å². The summed E-state index contributed by atoms with van der Waals surface area (Å²) < 4.78 is 32.2. The van der Waals surface area contributed by atoms with Crippen LogP contribution in [0.5, 0.6) is 0 Å². The lowest BCUT2D eigenvalue weighted by atomic mass is 10.3. The van der Waals surface area contributed by atoms with Crippen molar-refractivity contribution in [2.45, 2.75) is 42.5 Å². The first kappa shape index (κ1) is 15.9. The Hall–Kier alpha value is -0.470. The van der Waals surface area contributed by atoms with Crippen molar-refractivity contribution in [3.8, 4) is 0 Å². The van der Waals surface area contributed by atoms with Crippen molar-refractivity contribution in [2.24, 2.45) is 0 Å². The van der Waals surface area contributed by atoms with Gasteiger partial charge in [0.2, 0.25) is 10.0 Å². The molecule has 0 spiro atoms. The maximum absolute atomic E-state index is 12.2. The molecule has 0 aromatic carbocycles. The van der Waals surface area contributed by atoms with Crippen LogP contribution in [0.2, 0.25) is 0 Å². The summed E-state index contributed by atoms with van der Waals surface area (Å²) in [5.74, 6) is 0. The van der Waals surface area contributed by atoms with Crippen molar-refractivity contribution in [3.05, 3.63) is 17.0 Å². The summed E-state index contributed by atoms with van der Waals surface area (Å²) in [6.07, 6.45) is 3.42. The van der Waals surface area contributed by atoms with Gasteiger partial charge in [0.05, 0.1) is 6.61 Å². The van der Waals surface area contributed by atoms with E-state index in [1.54, 1.807) is 20.1 Å². The minimum atomic E-state index is -3.42. The number of sulfonamides is 1. The van der Waals surface area contributed by atoms with Crippen LogP contribution in [0.3, 0.4) is 0 Å². The summed E-state index contributed by atoms with van der Waals surface area (Å²) in [7, 11) is -1.87. The maximum Gasteiger partial charge on any atom is 0.250 e. The Morgan fingerprint density at radius 3 is 2.85 bits per heavy atom. The van der Waals surface area contributed by atoms with Crippen LogP contribution in [0.4, 0.5) is 0 Å². The number of thiophene rings is 1. The standard InChI is InChI=1S/C13H22N2O3S2/c1-10(9-18-2)15-20(16,17)13-6-5-12(19-13)7-8-14-11-3-4-11/h5-6,10-11,14-15H,3-4,7-9H2,1-2H3. The van der Waals surface area contributed by atoms with Gasteiger partial charge in [-0.2, -0.15) is 0 Å². The first-order valence-corrected chi connectivity index (χ1v) is 9.14. The third-order valence-electron chi connectivity index (χ3n) is 3.06. The topological polar surface area (TPSA) is 67.4 Å². The van der Waals surface area contributed by atoms with E-state index in [0.717, 1.165) is 17.8 Å². The second kappa shape index (κ2) is 7.00. The highest BCUT2D eigenvalue weighted by Crippen LogP contribution is 2.23. The second-order valence-electron chi connectivity index (χ2n) is 5.18. The zero-order valence-electron chi connectivity index (χ0n) is 11.9. The van der Waals surface area contributed by atoms with Crippen LogP contribution >= 0.6 is 11.3 Å². The van der Waals surface area contributed by atoms with Crippen LogP contribution in [-0.2, 0) is 21.2 Å². The normalized spacial score (nSPS) is 17.3. The molecule has 114 valence electrons. The van der Waals surface area contributed by atoms with Crippen molar-refractivity contribution >= 4 is 21.4 Å². The van der Waals surface area contributed by atoms with E-state index in [4.69, 9.17) is 4.74 Å². The lowest BCUT2D eigenvalue weighted by molar-refractivity contribution is 0.180. The van der Waals surface area contributed by atoms with E-state index in [1.807, 2.05) is 6.07 Å². The highest BCUT2D eigenvalue weighted by atomic mass is 32.2. The first-order chi connectivity index (χ1) is 9.51. The number of nitrogens with one attached hydrogen (secondary N) is 2. The molecule has 2 rings (SSSR count). The number of hydrogen-bond acceptors (Lipinski definition) is 5. The second-order valence-corrected chi connectivity index (χ2v) is 8.29. The molecule has 1 aromatic heterocycles. The Labute approximate surface area is 124 Å². The summed E-state index contributed by atoms with van der Waals surface area (Å²) in [6.45, 7) is 3.07. The van der Waals surface area contributed by atoms with Crippen LogP contribution in [0, 0.1) is 0 Å². The molecule has 0 aliphatic heterocycles. The Bertz CT molecular complexity index is 523. The summed E-state index contributed by atoms with van der Waals surface area (Å²) >= 11 is 1.34. The van der Waals surface area contributed by atoms with E-state index < -0.39 is 10.0 Å². The third kappa shape index (κ3) is 4.82. The molecule has 0 saturated heterocycles. The quantitative estimate of drug-likeness (QED) is 0.721. The molecule has 5 nitrogen and oxygen atoms in total. The van der Waals surface area contributed by atoms with Crippen LogP contribution < -0.4 is 10.0 Å². The third-order valence-corrected chi connectivity index (χ3v) is 6.28. The molecule has 7 heteroatoms. The fourth-order valence-corrected chi connectivity index (χ4v) is 4.53. The summed E-state index contributed by atoms with van der Waals surface area (Å²) in [4.78, 5) is 1.10. The summed E-state index contributed by atoms with van der Waals surface area (Å²) in [5, 5.41) is 3.43. The van der Waals surface area contributed by atoms with E-state index in [1.165, 1.54) is 24.2 Å². The fraction of sp³-hybridized carbons (Fsp3) is 0.692. The molecule has 1 aromatic rings. The van der Waals surface area contributed by atoms with Crippen molar-refractivity contribution in [2.75, 3.05) is 20.3 Å². The van der Waals surface area contributed by atoms with Crippen LogP contribution in [-0.4, -0.2) is 40.8 Å². The van der Waals surface area contributed by atoms with Crippen molar-refractivity contribution in [3.63, 3.8) is 0 Å². The number of rotatable bonds is 9. The van der Waals surface area contributed by atoms with Gasteiger partial charge in [-0.3, -0.25) is 0 Å². The average Bonchev–Trinajstić information content (AvgIpc) is 3.04. The van der Waals surface area contributed by atoms with Crippen LogP contribution in [0.25, 0.3) is 0 Å². The summed E-state index contributed by atoms with van der Waals surface area (Å²) in [6, 6.07) is 4.04. The van der Waals surface area contributed by atoms with Crippen molar-refractivity contribution < 1.29 is 13.2 Å². The van der Waals surface area contributed by atoms with Crippen LogP contribution in [0.15, 0.2) is 16.3 Å². The van der Waals surface area contributed by atoms with E-state index in [0.29, 0.717) is 16.9 Å². The van der Waals surface area contributed by atoms with Gasteiger partial charge in [0.25, 0.3) is 0 Å². The van der Waals surface area contributed by atoms with Gasteiger partial charge in [0.15, 0.2) is 0 Å². The summed E-state index contributed by atoms with van der Waals surface area (Å²) in [5.41, 5.74) is 0.